The van der Waals surface area contributed by atoms with Gasteiger partial charge in [-0.25, -0.2) is 4.98 Å². The number of para-hydroxylation sites is 1. The van der Waals surface area contributed by atoms with E-state index in [-0.39, 0.29) is 17.4 Å². The van der Waals surface area contributed by atoms with Crippen LogP contribution in [-0.2, 0) is 0 Å². The molecule has 158 valence electrons. The summed E-state index contributed by atoms with van der Waals surface area (Å²) in [5, 5.41) is 23.6. The van der Waals surface area contributed by atoms with Gasteiger partial charge in [0.15, 0.2) is 0 Å². The van der Waals surface area contributed by atoms with Crippen molar-refractivity contribution in [2.75, 3.05) is 30.1 Å². The smallest absolute Gasteiger partial charge is 0.373 e. The molecule has 0 amide bonds. The van der Waals surface area contributed by atoms with E-state index in [1.54, 1.807) is 24.3 Å². The van der Waals surface area contributed by atoms with Crippen LogP contribution in [0, 0.1) is 21.4 Å². The number of nitriles is 1. The molecule has 1 heterocycles. The number of thioether (sulfide) groups is 1. The number of nitro groups is 1. The number of hydrogen-bond acceptors (Lipinski definition) is 9. The van der Waals surface area contributed by atoms with E-state index in [1.165, 1.54) is 18.1 Å². The van der Waals surface area contributed by atoms with Crippen LogP contribution in [0.2, 0.25) is 0 Å². The average Bonchev–Trinajstić information content (AvgIpc) is 2.75. The molecule has 3 rings (SSSR count). The first-order valence-electron chi connectivity index (χ1n) is 9.30. The van der Waals surface area contributed by atoms with Crippen LogP contribution in [-0.4, -0.2) is 34.7 Å². The van der Waals surface area contributed by atoms with Crippen molar-refractivity contribution in [3.05, 3.63) is 65.0 Å². The summed E-state index contributed by atoms with van der Waals surface area (Å²) in [6.45, 7) is 0. The lowest BCUT2D eigenvalue weighted by atomic mass is 10.3. The van der Waals surface area contributed by atoms with Crippen molar-refractivity contribution in [1.82, 2.24) is 9.97 Å². The molecule has 0 aliphatic heterocycles. The Hall–Kier alpha value is -3.84. The van der Waals surface area contributed by atoms with Gasteiger partial charge < -0.3 is 15.0 Å². The number of nitrogens with one attached hydrogen (secondary N) is 1. The fraction of sp³-hybridized carbons (Fsp3) is 0.190. The zero-order valence-electron chi connectivity index (χ0n) is 17.0. The lowest BCUT2D eigenvalue weighted by molar-refractivity contribution is -0.385. The Morgan fingerprint density at radius 1 is 1.23 bits per heavy atom. The highest BCUT2D eigenvalue weighted by Gasteiger charge is 2.26. The number of benzene rings is 2. The molecule has 0 saturated carbocycles. The Morgan fingerprint density at radius 3 is 2.77 bits per heavy atom. The summed E-state index contributed by atoms with van der Waals surface area (Å²) in [4.78, 5) is 22.1. The minimum absolute atomic E-state index is 0.0205. The van der Waals surface area contributed by atoms with E-state index in [0.29, 0.717) is 23.6 Å². The Morgan fingerprint density at radius 2 is 2.03 bits per heavy atom. The van der Waals surface area contributed by atoms with Crippen LogP contribution in [0.1, 0.15) is 6.42 Å². The van der Waals surface area contributed by atoms with E-state index in [4.69, 9.17) is 10.00 Å². The highest BCUT2D eigenvalue weighted by atomic mass is 32.2. The third kappa shape index (κ3) is 5.61. The molecule has 31 heavy (non-hydrogen) atoms. The predicted octanol–water partition coefficient (Wildman–Crippen LogP) is 4.99. The van der Waals surface area contributed by atoms with E-state index in [1.807, 2.05) is 43.3 Å². The van der Waals surface area contributed by atoms with Crippen molar-refractivity contribution in [2.24, 2.45) is 0 Å². The van der Waals surface area contributed by atoms with Crippen LogP contribution < -0.4 is 15.0 Å². The molecule has 2 aromatic carbocycles. The average molecular weight is 436 g/mol. The zero-order valence-corrected chi connectivity index (χ0v) is 17.8. The molecular weight excluding hydrogens is 416 g/mol. The van der Waals surface area contributed by atoms with Crippen LogP contribution in [0.15, 0.2) is 59.8 Å². The number of rotatable bonds is 9. The second-order valence-electron chi connectivity index (χ2n) is 6.50. The number of aromatic nitrogens is 2. The Kier molecular flexibility index (Phi) is 7.24. The Labute approximate surface area is 183 Å². The van der Waals surface area contributed by atoms with Crippen molar-refractivity contribution < 1.29 is 9.66 Å². The number of hydrogen-bond donors (Lipinski definition) is 1. The van der Waals surface area contributed by atoms with Gasteiger partial charge in [0.05, 0.1) is 16.7 Å². The first-order valence-corrected chi connectivity index (χ1v) is 10.3. The van der Waals surface area contributed by atoms with Crippen LogP contribution in [0.25, 0.3) is 0 Å². The molecule has 0 atom stereocenters. The van der Waals surface area contributed by atoms with Crippen LogP contribution in [0.5, 0.6) is 11.6 Å². The summed E-state index contributed by atoms with van der Waals surface area (Å²) in [5.41, 5.74) is 1.17. The molecule has 0 saturated heterocycles. The fourth-order valence-electron chi connectivity index (χ4n) is 2.66. The van der Waals surface area contributed by atoms with Gasteiger partial charge in [-0.3, -0.25) is 10.1 Å². The van der Waals surface area contributed by atoms with E-state index >= 15 is 0 Å². The minimum Gasteiger partial charge on any atom is -0.433 e. The molecule has 1 aromatic heterocycles. The van der Waals surface area contributed by atoms with Gasteiger partial charge in [0, 0.05) is 42.9 Å². The topological polar surface area (TPSA) is 117 Å². The molecule has 0 aliphatic rings. The number of nitrogens with zero attached hydrogens (tertiary/aromatic N) is 5. The summed E-state index contributed by atoms with van der Waals surface area (Å²) in [5.74, 6) is 0.893. The first kappa shape index (κ1) is 21.9. The molecule has 1 N–H and O–H groups in total. The van der Waals surface area contributed by atoms with Crippen molar-refractivity contribution in [3.63, 3.8) is 0 Å². The van der Waals surface area contributed by atoms with Gasteiger partial charge in [0.2, 0.25) is 5.82 Å². The SMILES string of the molecule is CN(C)c1cccc(Oc2ncnc(Nc3ccccc3SCCC#N)c2[N+](=O)[O-])c1. The normalized spacial score (nSPS) is 10.2. The molecular formula is C21H20N6O3S. The monoisotopic (exact) mass is 436 g/mol. The minimum atomic E-state index is -0.571. The van der Waals surface area contributed by atoms with Gasteiger partial charge in [-0.1, -0.05) is 18.2 Å². The maximum atomic E-state index is 11.9. The van der Waals surface area contributed by atoms with Gasteiger partial charge in [-0.2, -0.15) is 10.2 Å². The van der Waals surface area contributed by atoms with Crippen LogP contribution in [0.3, 0.4) is 0 Å². The molecule has 0 unspecified atom stereocenters. The third-order valence-corrected chi connectivity index (χ3v) is 5.21. The molecule has 0 fully saturated rings. The summed E-state index contributed by atoms with van der Waals surface area (Å²) in [6, 6.07) is 16.6. The van der Waals surface area contributed by atoms with Gasteiger partial charge in [-0.05, 0) is 24.3 Å². The Bertz CT molecular complexity index is 1120. The van der Waals surface area contributed by atoms with E-state index in [0.717, 1.165) is 10.6 Å². The van der Waals surface area contributed by atoms with Gasteiger partial charge >= 0.3 is 11.6 Å². The number of ether oxygens (including phenoxy) is 1. The molecule has 0 bridgehead atoms. The zero-order chi connectivity index (χ0) is 22.2. The quantitative estimate of drug-likeness (QED) is 0.214. The lowest BCUT2D eigenvalue weighted by Gasteiger charge is -2.14. The summed E-state index contributed by atoms with van der Waals surface area (Å²) < 4.78 is 5.75. The third-order valence-electron chi connectivity index (χ3n) is 4.13. The van der Waals surface area contributed by atoms with Crippen molar-refractivity contribution in [2.45, 2.75) is 11.3 Å². The van der Waals surface area contributed by atoms with Gasteiger partial charge in [0.25, 0.3) is 0 Å². The molecule has 3 aromatic rings. The van der Waals surface area contributed by atoms with Crippen molar-refractivity contribution >= 4 is 34.6 Å². The molecule has 9 nitrogen and oxygen atoms in total. The molecule has 10 heteroatoms. The standard InChI is InChI=1S/C21H20N6O3S/c1-26(2)15-7-5-8-16(13-15)30-21-19(27(28)29)20(23-14-24-21)25-17-9-3-4-10-18(17)31-12-6-11-22/h3-5,7-10,13-14H,6,12H2,1-2H3,(H,23,24,25). The highest BCUT2D eigenvalue weighted by Crippen LogP contribution is 2.38. The largest absolute Gasteiger partial charge is 0.433 e. The summed E-state index contributed by atoms with van der Waals surface area (Å²) >= 11 is 1.48. The molecule has 0 radical (unpaired) electrons. The first-order chi connectivity index (χ1) is 15.0. The second-order valence-corrected chi connectivity index (χ2v) is 7.64. The molecule has 0 aliphatic carbocycles. The van der Waals surface area contributed by atoms with E-state index in [9.17, 15) is 10.1 Å². The van der Waals surface area contributed by atoms with Crippen molar-refractivity contribution in [1.29, 1.82) is 5.26 Å². The van der Waals surface area contributed by atoms with Gasteiger partial charge in [0.1, 0.15) is 12.1 Å². The lowest BCUT2D eigenvalue weighted by Crippen LogP contribution is -2.08. The van der Waals surface area contributed by atoms with E-state index in [2.05, 4.69) is 21.4 Å². The van der Waals surface area contributed by atoms with E-state index < -0.39 is 4.92 Å². The van der Waals surface area contributed by atoms with Gasteiger partial charge in [-0.15, -0.1) is 11.8 Å². The van der Waals surface area contributed by atoms with Crippen molar-refractivity contribution in [3.8, 4) is 17.7 Å². The highest BCUT2D eigenvalue weighted by molar-refractivity contribution is 7.99. The van der Waals surface area contributed by atoms with Crippen LogP contribution in [0.4, 0.5) is 22.9 Å². The maximum Gasteiger partial charge on any atom is 0.373 e. The van der Waals surface area contributed by atoms with Crippen LogP contribution >= 0.6 is 11.8 Å². The molecule has 0 spiro atoms. The summed E-state index contributed by atoms with van der Waals surface area (Å²) in [7, 11) is 3.78. The Balaban J connectivity index is 1.92. The second kappa shape index (κ2) is 10.3. The summed E-state index contributed by atoms with van der Waals surface area (Å²) in [6.07, 6.45) is 1.61. The maximum absolute atomic E-state index is 11.9. The fourth-order valence-corrected chi connectivity index (χ4v) is 3.52. The predicted molar refractivity (Wildman–Crippen MR) is 120 cm³/mol. The number of anilines is 3.